The number of amidine groups is 1. The number of halogens is 1. The molecule has 0 aliphatic carbocycles. The number of hydrogen-bond acceptors (Lipinski definition) is 7. The fraction of sp³-hybridized carbons (Fsp3) is 0.632. The van der Waals surface area contributed by atoms with E-state index in [9.17, 15) is 9.00 Å². The van der Waals surface area contributed by atoms with Gasteiger partial charge in [-0.15, -0.1) is 0 Å². The highest BCUT2D eigenvalue weighted by Crippen LogP contribution is 2.47. The van der Waals surface area contributed by atoms with Gasteiger partial charge in [-0.25, -0.2) is 22.7 Å². The number of aliphatic imine (C=N–C) groups is 1. The van der Waals surface area contributed by atoms with E-state index in [1.54, 1.807) is 34.6 Å². The zero-order valence-corrected chi connectivity index (χ0v) is 18.0. The van der Waals surface area contributed by atoms with Crippen molar-refractivity contribution in [2.75, 3.05) is 11.9 Å². The van der Waals surface area contributed by atoms with Gasteiger partial charge in [0, 0.05) is 6.54 Å². The Morgan fingerprint density at radius 3 is 2.69 bits per heavy atom. The van der Waals surface area contributed by atoms with Crippen LogP contribution in [0, 0.1) is 5.82 Å². The van der Waals surface area contributed by atoms with Crippen molar-refractivity contribution in [2.24, 2.45) is 9.36 Å². The molecule has 4 rings (SSSR count). The first-order valence-corrected chi connectivity index (χ1v) is 11.2. The Bertz CT molecular complexity index is 1040. The normalized spacial score (nSPS) is 34.8. The van der Waals surface area contributed by atoms with Gasteiger partial charge in [0.15, 0.2) is 5.72 Å². The summed E-state index contributed by atoms with van der Waals surface area (Å²) in [4.78, 5) is 21.9. The summed E-state index contributed by atoms with van der Waals surface area (Å²) in [5.41, 5.74) is -2.29. The molecule has 2 N–H and O–H groups in total. The minimum Gasteiger partial charge on any atom is -0.423 e. The van der Waals surface area contributed by atoms with Crippen molar-refractivity contribution < 1.29 is 18.1 Å². The summed E-state index contributed by atoms with van der Waals surface area (Å²) < 4.78 is 38.2. The van der Waals surface area contributed by atoms with Gasteiger partial charge in [-0.1, -0.05) is 0 Å². The number of anilines is 1. The van der Waals surface area contributed by atoms with Gasteiger partial charge >= 0.3 is 6.09 Å². The van der Waals surface area contributed by atoms with E-state index < -0.39 is 42.9 Å². The molecule has 1 aromatic heterocycles. The molecule has 3 aliphatic heterocycles. The van der Waals surface area contributed by atoms with Gasteiger partial charge in [0.25, 0.3) is 0 Å². The van der Waals surface area contributed by atoms with Crippen molar-refractivity contribution in [3.05, 3.63) is 23.6 Å². The Morgan fingerprint density at radius 2 is 1.97 bits per heavy atom. The highest BCUT2D eigenvalue weighted by molar-refractivity contribution is 7.96. The Balaban J connectivity index is 2.05. The molecule has 0 unspecified atom stereocenters. The molecule has 0 saturated heterocycles. The second kappa shape index (κ2) is 6.13. The van der Waals surface area contributed by atoms with Gasteiger partial charge in [-0.2, -0.15) is 0 Å². The molecule has 10 heteroatoms. The van der Waals surface area contributed by atoms with E-state index in [0.29, 0.717) is 18.8 Å². The minimum atomic E-state index is -2.91. The number of hydrogen-bond donors (Lipinski definition) is 2. The van der Waals surface area contributed by atoms with Crippen molar-refractivity contribution in [1.29, 1.82) is 0 Å². The number of nitrogens with one attached hydrogen (secondary N) is 2. The Labute approximate surface area is 169 Å². The molecule has 0 saturated carbocycles. The van der Waals surface area contributed by atoms with Crippen LogP contribution >= 0.6 is 0 Å². The summed E-state index contributed by atoms with van der Waals surface area (Å²) in [7, 11) is -2.91. The molecular formula is C19H26FN5O3S. The van der Waals surface area contributed by atoms with E-state index in [4.69, 9.17) is 9.73 Å². The lowest BCUT2D eigenvalue weighted by Gasteiger charge is -2.48. The molecule has 3 aliphatic rings. The smallest absolute Gasteiger partial charge is 0.414 e. The van der Waals surface area contributed by atoms with Crippen LogP contribution in [0.15, 0.2) is 21.5 Å². The second-order valence-electron chi connectivity index (χ2n) is 8.85. The standard InChI is InChI=1S/C19H26FN5O3S/c1-17(2)15-23-16(26)28-18(3,4)24-13-9-8-11(20)14(22-13)19(5,25-15)12-7-6-10-21-29(12,17)27/h8-9,12H,6-7,10H2,1-5H3,(H,22,24)(H,23,25,26)/t12-,19+,29-/m1/s1. The number of rotatable bonds is 0. The van der Waals surface area contributed by atoms with Crippen molar-refractivity contribution in [3.8, 4) is 0 Å². The molecule has 3 atom stereocenters. The van der Waals surface area contributed by atoms with Gasteiger partial charge < -0.3 is 10.1 Å². The maximum atomic E-state index is 15.0. The molecule has 158 valence electrons. The zero-order valence-electron chi connectivity index (χ0n) is 17.2. The summed E-state index contributed by atoms with van der Waals surface area (Å²) in [6.45, 7) is 8.99. The Kier molecular flexibility index (Phi) is 4.24. The molecule has 0 fully saturated rings. The molecule has 4 heterocycles. The number of fused-ring (bicyclic) bond motifs is 6. The molecule has 0 aromatic carbocycles. The van der Waals surface area contributed by atoms with Gasteiger partial charge in [0.2, 0.25) is 0 Å². The van der Waals surface area contributed by atoms with Gasteiger partial charge in [0.05, 0.1) is 15.0 Å². The summed E-state index contributed by atoms with van der Waals surface area (Å²) in [5.74, 6) is -0.0400. The molecule has 1 aromatic rings. The molecule has 8 nitrogen and oxygen atoms in total. The maximum Gasteiger partial charge on any atom is 0.414 e. The number of nitrogens with zero attached hydrogens (tertiary/aromatic N) is 3. The van der Waals surface area contributed by atoms with E-state index in [2.05, 4.69) is 20.0 Å². The molecule has 29 heavy (non-hydrogen) atoms. The van der Waals surface area contributed by atoms with Crippen LogP contribution in [-0.4, -0.2) is 43.4 Å². The van der Waals surface area contributed by atoms with E-state index in [0.717, 1.165) is 6.42 Å². The third-order valence-corrected chi connectivity index (χ3v) is 9.58. The fourth-order valence-electron chi connectivity index (χ4n) is 4.35. The van der Waals surface area contributed by atoms with Crippen LogP contribution in [0.2, 0.25) is 0 Å². The number of ether oxygens (including phenoxy) is 1. The quantitative estimate of drug-likeness (QED) is 0.667. The third-order valence-electron chi connectivity index (χ3n) is 5.89. The Hall–Kier alpha value is -2.23. The molecular weight excluding hydrogens is 397 g/mol. The summed E-state index contributed by atoms with van der Waals surface area (Å²) in [6.07, 6.45) is 0.568. The van der Waals surface area contributed by atoms with Crippen LogP contribution in [0.1, 0.15) is 53.2 Å². The van der Waals surface area contributed by atoms with Crippen LogP contribution in [0.5, 0.6) is 0 Å². The van der Waals surface area contributed by atoms with Crippen molar-refractivity contribution in [2.45, 2.75) is 68.7 Å². The third kappa shape index (κ3) is 2.91. The SMILES string of the molecule is CC1(C)Nc2ccc(F)c(n2)[C@@]2(C)N=C(NC(=O)O1)C(C)(C)[S@@]1(=O)=NCCC[C@H]21. The first kappa shape index (κ1) is 20.1. The highest BCUT2D eigenvalue weighted by Gasteiger charge is 2.57. The lowest BCUT2D eigenvalue weighted by molar-refractivity contribution is 0.0623. The largest absolute Gasteiger partial charge is 0.423 e. The van der Waals surface area contributed by atoms with Crippen LogP contribution in [0.25, 0.3) is 0 Å². The van der Waals surface area contributed by atoms with E-state index >= 15 is 4.39 Å². The molecule has 0 radical (unpaired) electrons. The van der Waals surface area contributed by atoms with E-state index in [1.165, 1.54) is 12.1 Å². The van der Waals surface area contributed by atoms with Crippen LogP contribution < -0.4 is 10.6 Å². The minimum absolute atomic E-state index is 0.0808. The topological polar surface area (TPSA) is 105 Å². The van der Waals surface area contributed by atoms with Gasteiger partial charge in [0.1, 0.15) is 33.5 Å². The lowest BCUT2D eigenvalue weighted by Crippen LogP contribution is -2.62. The average molecular weight is 424 g/mol. The van der Waals surface area contributed by atoms with Crippen LogP contribution in [0.3, 0.4) is 0 Å². The summed E-state index contributed by atoms with van der Waals surface area (Å²) in [6, 6.07) is 2.78. The predicted octanol–water partition coefficient (Wildman–Crippen LogP) is 3.14. The van der Waals surface area contributed by atoms with Crippen molar-refractivity contribution in [1.82, 2.24) is 10.3 Å². The van der Waals surface area contributed by atoms with E-state index in [-0.39, 0.29) is 11.5 Å². The van der Waals surface area contributed by atoms with Crippen molar-refractivity contribution in [3.63, 3.8) is 0 Å². The predicted molar refractivity (Wildman–Crippen MR) is 109 cm³/mol. The number of carbonyl (C=O) groups is 1. The van der Waals surface area contributed by atoms with Crippen LogP contribution in [0.4, 0.5) is 15.0 Å². The maximum absolute atomic E-state index is 15.0. The fourth-order valence-corrected chi connectivity index (χ4v) is 7.61. The second-order valence-corrected chi connectivity index (χ2v) is 11.8. The molecule has 4 bridgehead atoms. The summed E-state index contributed by atoms with van der Waals surface area (Å²) in [5, 5.41) is 5.13. The first-order valence-electron chi connectivity index (χ1n) is 9.66. The zero-order chi connectivity index (χ0) is 21.2. The number of pyridine rings is 1. The number of amides is 1. The van der Waals surface area contributed by atoms with Crippen LogP contribution in [-0.2, 0) is 20.0 Å². The first-order chi connectivity index (χ1) is 13.4. The average Bonchev–Trinajstić information content (AvgIpc) is 2.61. The van der Waals surface area contributed by atoms with Gasteiger partial charge in [-0.3, -0.25) is 10.3 Å². The number of alkyl carbamates (subject to hydrolysis) is 1. The number of carbonyl (C=O) groups excluding carboxylic acids is 1. The number of cyclic esters (lactones) is 1. The molecule has 1 amide bonds. The van der Waals surface area contributed by atoms with Crippen molar-refractivity contribution >= 4 is 27.5 Å². The number of aromatic nitrogens is 1. The monoisotopic (exact) mass is 423 g/mol. The summed E-state index contributed by atoms with van der Waals surface area (Å²) >= 11 is 0. The van der Waals surface area contributed by atoms with Gasteiger partial charge in [-0.05, 0) is 59.6 Å². The lowest BCUT2D eigenvalue weighted by atomic mass is 9.89. The molecule has 0 spiro atoms. The highest BCUT2D eigenvalue weighted by atomic mass is 32.2. The Morgan fingerprint density at radius 1 is 1.24 bits per heavy atom. The van der Waals surface area contributed by atoms with E-state index in [1.807, 2.05) is 0 Å².